The van der Waals surface area contributed by atoms with Crippen molar-refractivity contribution >= 4 is 9.84 Å². The highest BCUT2D eigenvalue weighted by Gasteiger charge is 2.59. The number of aliphatic hydroxyl groups is 8. The van der Waals surface area contributed by atoms with Crippen molar-refractivity contribution in [1.29, 1.82) is 0 Å². The second-order valence-corrected chi connectivity index (χ2v) is 10.1. The summed E-state index contributed by atoms with van der Waals surface area (Å²) in [5.41, 5.74) is -1.67. The molecular weight excluding hydrogens is 468 g/mol. The van der Waals surface area contributed by atoms with Crippen LogP contribution in [0.4, 0.5) is 0 Å². The molecule has 0 saturated carbocycles. The molecule has 1 aromatic rings. The zero-order valence-corrected chi connectivity index (χ0v) is 18.3. The second kappa shape index (κ2) is 9.77. The Balaban J connectivity index is 1.87. The number of aryl methyl sites for hydroxylation is 1. The SMILES string of the molecule is Cc1ccc(S(=O)(=O)C(O)[C@H]2O[C@H](OC3(CO)O[C@H](CO)[C@@H](O)[C@@H]3O)[C@H](O)[C@@H](O)[C@@H]2O)cc1. The molecule has 0 radical (unpaired) electrons. The van der Waals surface area contributed by atoms with Crippen molar-refractivity contribution in [3.63, 3.8) is 0 Å². The molecule has 2 aliphatic rings. The highest BCUT2D eigenvalue weighted by Crippen LogP contribution is 2.37. The molecule has 188 valence electrons. The largest absolute Gasteiger partial charge is 0.394 e. The molecule has 0 bridgehead atoms. The van der Waals surface area contributed by atoms with E-state index < -0.39 is 83.3 Å². The maximum Gasteiger partial charge on any atom is 0.224 e. The van der Waals surface area contributed by atoms with Gasteiger partial charge < -0.3 is 55.1 Å². The fourth-order valence-corrected chi connectivity index (χ4v) is 5.09. The number of benzene rings is 1. The summed E-state index contributed by atoms with van der Waals surface area (Å²) in [7, 11) is -4.51. The predicted molar refractivity (Wildman–Crippen MR) is 106 cm³/mol. The van der Waals surface area contributed by atoms with Gasteiger partial charge in [0.1, 0.15) is 49.3 Å². The van der Waals surface area contributed by atoms with Crippen LogP contribution in [-0.2, 0) is 24.0 Å². The molecule has 0 amide bonds. The molecule has 2 fully saturated rings. The average molecular weight is 496 g/mol. The Hall–Kier alpha value is -1.27. The fourth-order valence-electron chi connectivity index (χ4n) is 3.72. The van der Waals surface area contributed by atoms with Crippen LogP contribution in [0, 0.1) is 6.92 Å². The van der Waals surface area contributed by atoms with Crippen molar-refractivity contribution < 1.29 is 63.5 Å². The molecule has 2 unspecified atom stereocenters. The van der Waals surface area contributed by atoms with Crippen molar-refractivity contribution in [2.24, 2.45) is 0 Å². The summed E-state index contributed by atoms with van der Waals surface area (Å²) in [4.78, 5) is -0.301. The maximum absolute atomic E-state index is 12.8. The quantitative estimate of drug-likeness (QED) is 0.179. The molecule has 2 saturated heterocycles. The van der Waals surface area contributed by atoms with E-state index in [1.165, 1.54) is 24.3 Å². The Morgan fingerprint density at radius 1 is 1.00 bits per heavy atom. The van der Waals surface area contributed by atoms with Gasteiger partial charge in [0.15, 0.2) is 11.7 Å². The number of rotatable bonds is 7. The lowest BCUT2D eigenvalue weighted by molar-refractivity contribution is -0.385. The van der Waals surface area contributed by atoms with Crippen LogP contribution < -0.4 is 0 Å². The minimum absolute atomic E-state index is 0.301. The van der Waals surface area contributed by atoms with Gasteiger partial charge in [0.2, 0.25) is 15.6 Å². The van der Waals surface area contributed by atoms with Crippen molar-refractivity contribution in [2.75, 3.05) is 13.2 Å². The third-order valence-electron chi connectivity index (χ3n) is 5.78. The van der Waals surface area contributed by atoms with Gasteiger partial charge in [-0.05, 0) is 19.1 Å². The Bertz CT molecular complexity index is 909. The maximum atomic E-state index is 12.8. The van der Waals surface area contributed by atoms with E-state index in [1.807, 2.05) is 0 Å². The van der Waals surface area contributed by atoms with Gasteiger partial charge in [-0.15, -0.1) is 0 Å². The van der Waals surface area contributed by atoms with E-state index in [2.05, 4.69) is 0 Å². The summed E-state index contributed by atoms with van der Waals surface area (Å²) in [5, 5.41) is 80.6. The average Bonchev–Trinajstić information content (AvgIpc) is 3.04. The number of hydrogen-bond acceptors (Lipinski definition) is 13. The zero-order valence-electron chi connectivity index (χ0n) is 17.4. The van der Waals surface area contributed by atoms with E-state index in [4.69, 9.17) is 14.2 Å². The number of ether oxygens (including phenoxy) is 3. The van der Waals surface area contributed by atoms with E-state index in [-0.39, 0.29) is 4.90 Å². The molecule has 33 heavy (non-hydrogen) atoms. The summed E-state index contributed by atoms with van der Waals surface area (Å²) >= 11 is 0. The van der Waals surface area contributed by atoms with E-state index in [1.54, 1.807) is 6.92 Å². The van der Waals surface area contributed by atoms with Crippen molar-refractivity contribution in [3.8, 4) is 0 Å². The normalized spacial score (nSPS) is 40.6. The summed E-state index contributed by atoms with van der Waals surface area (Å²) in [5.74, 6) is -2.44. The van der Waals surface area contributed by atoms with Gasteiger partial charge in [-0.3, -0.25) is 0 Å². The standard InChI is InChI=1S/C19H28O13S/c1-8-2-4-9(5-3-8)33(28,29)17(27)15-13(24)12(23)14(25)18(30-15)32-19(7-21)16(26)11(22)10(6-20)31-19/h2-5,10-18,20-27H,6-7H2,1H3/t10-,11-,12+,13+,14-,15+,16+,17?,18-,19?/m1/s1. The van der Waals surface area contributed by atoms with Gasteiger partial charge in [0.05, 0.1) is 11.5 Å². The van der Waals surface area contributed by atoms with Crippen LogP contribution in [0.25, 0.3) is 0 Å². The van der Waals surface area contributed by atoms with E-state index in [0.717, 1.165) is 5.56 Å². The van der Waals surface area contributed by atoms with Crippen LogP contribution in [-0.4, -0.2) is 123 Å². The van der Waals surface area contributed by atoms with Crippen molar-refractivity contribution in [2.45, 2.75) is 72.1 Å². The Labute approximate surface area is 188 Å². The Kier molecular flexibility index (Phi) is 7.80. The fraction of sp³-hybridized carbons (Fsp3) is 0.684. The van der Waals surface area contributed by atoms with Crippen LogP contribution in [0.2, 0.25) is 0 Å². The minimum atomic E-state index is -4.51. The third-order valence-corrected chi connectivity index (χ3v) is 7.61. The highest BCUT2D eigenvalue weighted by atomic mass is 32.2. The lowest BCUT2D eigenvalue weighted by Gasteiger charge is -2.44. The monoisotopic (exact) mass is 496 g/mol. The highest BCUT2D eigenvalue weighted by molar-refractivity contribution is 7.92. The summed E-state index contributed by atoms with van der Waals surface area (Å²) < 4.78 is 41.4. The molecule has 10 atom stereocenters. The van der Waals surface area contributed by atoms with E-state index >= 15 is 0 Å². The molecule has 0 aromatic heterocycles. The van der Waals surface area contributed by atoms with Gasteiger partial charge in [0.25, 0.3) is 0 Å². The molecule has 2 aliphatic heterocycles. The van der Waals surface area contributed by atoms with Gasteiger partial charge in [-0.25, -0.2) is 8.42 Å². The molecule has 14 heteroatoms. The minimum Gasteiger partial charge on any atom is -0.394 e. The molecule has 2 heterocycles. The first-order chi connectivity index (χ1) is 15.4. The molecule has 0 spiro atoms. The Morgan fingerprint density at radius 3 is 2.12 bits per heavy atom. The third kappa shape index (κ3) is 4.67. The Morgan fingerprint density at radius 2 is 1.61 bits per heavy atom. The summed E-state index contributed by atoms with van der Waals surface area (Å²) in [6, 6.07) is 5.41. The van der Waals surface area contributed by atoms with Gasteiger partial charge in [-0.1, -0.05) is 17.7 Å². The van der Waals surface area contributed by atoms with Crippen LogP contribution in [0.5, 0.6) is 0 Å². The van der Waals surface area contributed by atoms with Crippen LogP contribution in [0.3, 0.4) is 0 Å². The van der Waals surface area contributed by atoms with Crippen molar-refractivity contribution in [3.05, 3.63) is 29.8 Å². The predicted octanol–water partition coefficient (Wildman–Crippen LogP) is -4.29. The van der Waals surface area contributed by atoms with Crippen LogP contribution in [0.15, 0.2) is 29.2 Å². The van der Waals surface area contributed by atoms with E-state index in [9.17, 15) is 49.3 Å². The number of sulfone groups is 1. The van der Waals surface area contributed by atoms with Gasteiger partial charge in [-0.2, -0.15) is 0 Å². The first-order valence-electron chi connectivity index (χ1n) is 10.0. The molecule has 1 aromatic carbocycles. The molecule has 8 N–H and O–H groups in total. The number of hydrogen-bond donors (Lipinski definition) is 8. The number of aliphatic hydroxyl groups excluding tert-OH is 8. The molecule has 13 nitrogen and oxygen atoms in total. The smallest absolute Gasteiger partial charge is 0.224 e. The lowest BCUT2D eigenvalue weighted by atomic mass is 9.98. The van der Waals surface area contributed by atoms with Crippen LogP contribution in [0.1, 0.15) is 5.56 Å². The van der Waals surface area contributed by atoms with Gasteiger partial charge in [0, 0.05) is 0 Å². The van der Waals surface area contributed by atoms with Crippen LogP contribution >= 0.6 is 0 Å². The summed E-state index contributed by atoms with van der Waals surface area (Å²) in [6.07, 6.45) is -15.3. The molecule has 0 aliphatic carbocycles. The molecular formula is C19H28O13S. The first-order valence-corrected chi connectivity index (χ1v) is 11.6. The second-order valence-electron chi connectivity index (χ2n) is 8.05. The topological polar surface area (TPSA) is 224 Å². The lowest BCUT2D eigenvalue weighted by Crippen LogP contribution is -2.64. The summed E-state index contributed by atoms with van der Waals surface area (Å²) in [6.45, 7) is -0.161. The first kappa shape index (κ1) is 26.3. The van der Waals surface area contributed by atoms with Gasteiger partial charge >= 0.3 is 0 Å². The molecule has 3 rings (SSSR count). The van der Waals surface area contributed by atoms with Crippen molar-refractivity contribution in [1.82, 2.24) is 0 Å². The van der Waals surface area contributed by atoms with E-state index in [0.29, 0.717) is 0 Å². The zero-order chi connectivity index (χ0) is 24.7.